The molecule has 5 nitrogen and oxygen atoms in total. The minimum atomic E-state index is 0.373. The highest BCUT2D eigenvalue weighted by Crippen LogP contribution is 2.21. The summed E-state index contributed by atoms with van der Waals surface area (Å²) in [5.74, 6) is 0.967. The van der Waals surface area contributed by atoms with E-state index in [0.717, 1.165) is 32.0 Å². The Hall–Kier alpha value is -1.85. The molecule has 0 amide bonds. The second-order valence-electron chi connectivity index (χ2n) is 6.44. The molecule has 1 fully saturated rings. The molecule has 0 N–H and O–H groups in total. The number of hydrogen-bond donors (Lipinski definition) is 0. The Morgan fingerprint density at radius 2 is 2.25 bits per heavy atom. The van der Waals surface area contributed by atoms with E-state index in [1.54, 1.807) is 6.20 Å². The summed E-state index contributed by atoms with van der Waals surface area (Å²) in [5, 5.41) is 0. The van der Waals surface area contributed by atoms with Crippen LogP contribution in [0.15, 0.2) is 43.0 Å². The molecule has 24 heavy (non-hydrogen) atoms. The number of benzene rings is 1. The van der Waals surface area contributed by atoms with Crippen molar-refractivity contribution in [3.63, 3.8) is 0 Å². The zero-order valence-corrected chi connectivity index (χ0v) is 14.4. The van der Waals surface area contributed by atoms with Gasteiger partial charge in [-0.3, -0.25) is 4.90 Å². The lowest BCUT2D eigenvalue weighted by atomic mass is 10.1. The Balaban J connectivity index is 1.50. The van der Waals surface area contributed by atoms with Gasteiger partial charge in [-0.15, -0.1) is 0 Å². The molecule has 0 bridgehead atoms. The first-order valence-corrected chi connectivity index (χ1v) is 8.78. The van der Waals surface area contributed by atoms with Crippen LogP contribution < -0.4 is 4.74 Å². The average Bonchev–Trinajstić information content (AvgIpc) is 3.11. The van der Waals surface area contributed by atoms with Crippen LogP contribution in [0.2, 0.25) is 0 Å². The summed E-state index contributed by atoms with van der Waals surface area (Å²) in [7, 11) is 2.15. The van der Waals surface area contributed by atoms with Crippen LogP contribution in [0.1, 0.15) is 24.8 Å². The van der Waals surface area contributed by atoms with E-state index < -0.39 is 0 Å². The van der Waals surface area contributed by atoms with Gasteiger partial charge in [0, 0.05) is 37.7 Å². The molecule has 1 saturated heterocycles. The number of likely N-dealkylation sites (N-methyl/N-ethyl adjacent to an activating group) is 1. The Bertz CT molecular complexity index is 594. The fourth-order valence-electron chi connectivity index (χ4n) is 3.11. The van der Waals surface area contributed by atoms with Gasteiger partial charge in [-0.1, -0.05) is 18.2 Å². The van der Waals surface area contributed by atoms with Crippen molar-refractivity contribution in [1.29, 1.82) is 0 Å². The Labute approximate surface area is 144 Å². The summed E-state index contributed by atoms with van der Waals surface area (Å²) in [6, 6.07) is 8.29. The van der Waals surface area contributed by atoms with Crippen LogP contribution in [0.25, 0.3) is 0 Å². The predicted octanol–water partition coefficient (Wildman–Crippen LogP) is 2.96. The fraction of sp³-hybridized carbons (Fsp3) is 0.526. The van der Waals surface area contributed by atoms with E-state index in [1.165, 1.54) is 24.8 Å². The second-order valence-corrected chi connectivity index (χ2v) is 6.44. The first-order valence-electron chi connectivity index (χ1n) is 8.78. The van der Waals surface area contributed by atoms with Crippen LogP contribution in [0.4, 0.5) is 0 Å². The molecule has 1 aliphatic rings. The van der Waals surface area contributed by atoms with E-state index in [2.05, 4.69) is 29.1 Å². The SMILES string of the molecule is CN(Cc1ccccc1OCCn1ccnc1)CC1CCCCO1. The lowest BCUT2D eigenvalue weighted by Crippen LogP contribution is -2.33. The number of para-hydroxylation sites is 1. The third-order valence-electron chi connectivity index (χ3n) is 4.37. The largest absolute Gasteiger partial charge is 0.491 e. The second kappa shape index (κ2) is 8.85. The van der Waals surface area contributed by atoms with Gasteiger partial charge in [0.15, 0.2) is 0 Å². The van der Waals surface area contributed by atoms with Crippen molar-refractivity contribution < 1.29 is 9.47 Å². The molecule has 3 rings (SSSR count). The van der Waals surface area contributed by atoms with Crippen LogP contribution in [0.3, 0.4) is 0 Å². The summed E-state index contributed by atoms with van der Waals surface area (Å²) >= 11 is 0. The van der Waals surface area contributed by atoms with Crippen LogP contribution in [-0.4, -0.2) is 47.4 Å². The smallest absolute Gasteiger partial charge is 0.123 e. The van der Waals surface area contributed by atoms with Gasteiger partial charge in [-0.2, -0.15) is 0 Å². The number of ether oxygens (including phenoxy) is 2. The maximum Gasteiger partial charge on any atom is 0.123 e. The first kappa shape index (κ1) is 17.0. The van der Waals surface area contributed by atoms with E-state index in [1.807, 2.05) is 29.2 Å². The van der Waals surface area contributed by atoms with Gasteiger partial charge in [-0.25, -0.2) is 4.98 Å². The third-order valence-corrected chi connectivity index (χ3v) is 4.37. The molecule has 0 saturated carbocycles. The van der Waals surface area contributed by atoms with Gasteiger partial charge in [0.2, 0.25) is 0 Å². The average molecular weight is 329 g/mol. The quantitative estimate of drug-likeness (QED) is 0.746. The predicted molar refractivity (Wildman–Crippen MR) is 94.1 cm³/mol. The van der Waals surface area contributed by atoms with Crippen LogP contribution in [0.5, 0.6) is 5.75 Å². The summed E-state index contributed by atoms with van der Waals surface area (Å²) in [4.78, 5) is 6.38. The summed E-state index contributed by atoms with van der Waals surface area (Å²) in [6.07, 6.45) is 9.59. The van der Waals surface area contributed by atoms with Crippen LogP contribution >= 0.6 is 0 Å². The van der Waals surface area contributed by atoms with E-state index in [9.17, 15) is 0 Å². The molecule has 1 unspecified atom stereocenters. The van der Waals surface area contributed by atoms with Gasteiger partial charge in [0.05, 0.1) is 19.0 Å². The van der Waals surface area contributed by atoms with Gasteiger partial charge in [0.25, 0.3) is 0 Å². The topological polar surface area (TPSA) is 39.5 Å². The maximum absolute atomic E-state index is 5.99. The molecule has 5 heteroatoms. The highest BCUT2D eigenvalue weighted by atomic mass is 16.5. The number of hydrogen-bond acceptors (Lipinski definition) is 4. The van der Waals surface area contributed by atoms with E-state index in [0.29, 0.717) is 12.7 Å². The normalized spacial score (nSPS) is 18.0. The lowest BCUT2D eigenvalue weighted by molar-refractivity contribution is -0.00269. The Morgan fingerprint density at radius 3 is 3.04 bits per heavy atom. The monoisotopic (exact) mass is 329 g/mol. The fourth-order valence-corrected chi connectivity index (χ4v) is 3.11. The Morgan fingerprint density at radius 1 is 1.33 bits per heavy atom. The van der Waals surface area contributed by atoms with Crippen molar-refractivity contribution in [2.24, 2.45) is 0 Å². The van der Waals surface area contributed by atoms with Crippen molar-refractivity contribution in [1.82, 2.24) is 14.5 Å². The van der Waals surface area contributed by atoms with Crippen molar-refractivity contribution >= 4 is 0 Å². The molecular formula is C19H27N3O2. The molecule has 2 aromatic rings. The highest BCUT2D eigenvalue weighted by molar-refractivity contribution is 5.33. The molecule has 0 radical (unpaired) electrons. The highest BCUT2D eigenvalue weighted by Gasteiger charge is 2.16. The van der Waals surface area contributed by atoms with Gasteiger partial charge in [0.1, 0.15) is 12.4 Å². The lowest BCUT2D eigenvalue weighted by Gasteiger charge is -2.27. The zero-order valence-electron chi connectivity index (χ0n) is 14.4. The Kier molecular flexibility index (Phi) is 6.26. The van der Waals surface area contributed by atoms with Gasteiger partial charge >= 0.3 is 0 Å². The summed E-state index contributed by atoms with van der Waals surface area (Å²) in [5.41, 5.74) is 1.22. The summed E-state index contributed by atoms with van der Waals surface area (Å²) in [6.45, 7) is 4.21. The van der Waals surface area contributed by atoms with Crippen molar-refractivity contribution in [3.8, 4) is 5.75 Å². The molecule has 130 valence electrons. The van der Waals surface area contributed by atoms with E-state index >= 15 is 0 Å². The number of imidazole rings is 1. The molecule has 1 aliphatic heterocycles. The van der Waals surface area contributed by atoms with Crippen molar-refractivity contribution in [2.75, 3.05) is 26.8 Å². The molecule has 1 aromatic carbocycles. The maximum atomic E-state index is 5.99. The molecule has 2 heterocycles. The molecule has 1 atom stereocenters. The minimum Gasteiger partial charge on any atom is -0.491 e. The number of rotatable bonds is 8. The van der Waals surface area contributed by atoms with Crippen LogP contribution in [-0.2, 0) is 17.8 Å². The van der Waals surface area contributed by atoms with Crippen molar-refractivity contribution in [2.45, 2.75) is 38.5 Å². The molecule has 1 aromatic heterocycles. The first-order chi connectivity index (χ1) is 11.8. The van der Waals surface area contributed by atoms with E-state index in [-0.39, 0.29) is 0 Å². The van der Waals surface area contributed by atoms with Gasteiger partial charge in [-0.05, 0) is 32.4 Å². The molecule has 0 aliphatic carbocycles. The number of aromatic nitrogens is 2. The summed E-state index contributed by atoms with van der Waals surface area (Å²) < 4.78 is 13.9. The number of nitrogens with zero attached hydrogens (tertiary/aromatic N) is 3. The van der Waals surface area contributed by atoms with Crippen LogP contribution in [0, 0.1) is 0 Å². The zero-order chi connectivity index (χ0) is 16.6. The van der Waals surface area contributed by atoms with Crippen molar-refractivity contribution in [3.05, 3.63) is 48.5 Å². The molecular weight excluding hydrogens is 302 g/mol. The minimum absolute atomic E-state index is 0.373. The van der Waals surface area contributed by atoms with Gasteiger partial charge < -0.3 is 14.0 Å². The third kappa shape index (κ3) is 5.08. The molecule has 0 spiro atoms. The van der Waals surface area contributed by atoms with E-state index in [4.69, 9.17) is 9.47 Å². The standard InChI is InChI=1S/C19H27N3O2/c1-21(15-18-7-4-5-12-23-18)14-17-6-2-3-8-19(17)24-13-11-22-10-9-20-16-22/h2-3,6,8-10,16,18H,4-5,7,11-15H2,1H3.